The van der Waals surface area contributed by atoms with E-state index in [-0.39, 0.29) is 18.0 Å². The fraction of sp³-hybridized carbons (Fsp3) is 0.182. The van der Waals surface area contributed by atoms with Crippen molar-refractivity contribution in [2.75, 3.05) is 0 Å². The van der Waals surface area contributed by atoms with E-state index in [0.717, 1.165) is 11.3 Å². The molecule has 0 spiro atoms. The van der Waals surface area contributed by atoms with Gasteiger partial charge in [0.25, 0.3) is 5.91 Å². The molecule has 0 saturated carbocycles. The van der Waals surface area contributed by atoms with E-state index in [1.165, 1.54) is 16.3 Å². The lowest BCUT2D eigenvalue weighted by molar-refractivity contribution is -0.122. The van der Waals surface area contributed by atoms with Gasteiger partial charge >= 0.3 is 0 Å². The van der Waals surface area contributed by atoms with Crippen molar-refractivity contribution in [2.24, 2.45) is 5.10 Å². The predicted molar refractivity (Wildman–Crippen MR) is 108 cm³/mol. The summed E-state index contributed by atoms with van der Waals surface area (Å²) < 4.78 is 0. The van der Waals surface area contributed by atoms with Gasteiger partial charge in [0, 0.05) is 6.04 Å². The maximum Gasteiger partial charge on any atom is 0.258 e. The number of hydrogen-bond acceptors (Lipinski definition) is 4. The van der Waals surface area contributed by atoms with Crippen molar-refractivity contribution in [3.8, 4) is 0 Å². The summed E-state index contributed by atoms with van der Waals surface area (Å²) in [6.07, 6.45) is 0.671. The molecule has 1 saturated heterocycles. The fourth-order valence-corrected chi connectivity index (χ4v) is 3.33. The summed E-state index contributed by atoms with van der Waals surface area (Å²) in [7, 11) is 0. The van der Waals surface area contributed by atoms with Crippen molar-refractivity contribution < 1.29 is 4.79 Å². The second-order valence-electron chi connectivity index (χ2n) is 6.78. The summed E-state index contributed by atoms with van der Waals surface area (Å²) >= 11 is 0. The highest BCUT2D eigenvalue weighted by Crippen LogP contribution is 2.25. The van der Waals surface area contributed by atoms with Gasteiger partial charge in [-0.2, -0.15) is 5.10 Å². The van der Waals surface area contributed by atoms with Gasteiger partial charge in [-0.15, -0.1) is 0 Å². The smallest absolute Gasteiger partial charge is 0.258 e. The lowest BCUT2D eigenvalue weighted by Crippen LogP contribution is -2.41. The largest absolute Gasteiger partial charge is 0.271 e. The number of hydrazine groups is 1. The van der Waals surface area contributed by atoms with Crippen molar-refractivity contribution in [1.82, 2.24) is 16.3 Å². The number of amides is 1. The van der Waals surface area contributed by atoms with Crippen LogP contribution in [0, 0.1) is 0 Å². The number of carbonyl (C=O) groups is 1. The van der Waals surface area contributed by atoms with Crippen LogP contribution in [0.1, 0.15) is 30.5 Å². The standard InChI is InChI=1S/C22H22N4O/c1-15(16-7-3-2-4-8-16)23-26-22(27)21-14-20(24-25-21)19-12-11-17-9-5-6-10-18(17)13-19/h2-13,20-21,24-25H,14H2,1H3,(H,26,27)/b23-15+. The van der Waals surface area contributed by atoms with Crippen molar-refractivity contribution in [3.63, 3.8) is 0 Å². The topological polar surface area (TPSA) is 65.5 Å². The zero-order valence-electron chi connectivity index (χ0n) is 15.1. The first-order valence-corrected chi connectivity index (χ1v) is 9.10. The normalized spacial score (nSPS) is 20.0. The molecule has 0 aromatic heterocycles. The molecule has 0 bridgehead atoms. The van der Waals surface area contributed by atoms with Gasteiger partial charge in [-0.25, -0.2) is 16.3 Å². The molecule has 2 unspecified atom stereocenters. The first kappa shape index (κ1) is 17.4. The molecule has 2 atom stereocenters. The molecule has 1 aliphatic rings. The first-order chi connectivity index (χ1) is 13.2. The van der Waals surface area contributed by atoms with Crippen LogP contribution in [0.5, 0.6) is 0 Å². The molecule has 1 aliphatic heterocycles. The van der Waals surface area contributed by atoms with Gasteiger partial charge in [-0.1, -0.05) is 66.7 Å². The minimum Gasteiger partial charge on any atom is -0.271 e. The van der Waals surface area contributed by atoms with Crippen molar-refractivity contribution in [2.45, 2.75) is 25.4 Å². The van der Waals surface area contributed by atoms with Crippen molar-refractivity contribution in [3.05, 3.63) is 83.9 Å². The summed E-state index contributed by atoms with van der Waals surface area (Å²) in [5, 5.41) is 6.64. The van der Waals surface area contributed by atoms with Gasteiger partial charge in [0.15, 0.2) is 0 Å². The van der Waals surface area contributed by atoms with E-state index in [9.17, 15) is 4.79 Å². The van der Waals surface area contributed by atoms with Gasteiger partial charge in [-0.3, -0.25) is 4.79 Å². The number of carbonyl (C=O) groups excluding carboxylic acids is 1. The first-order valence-electron chi connectivity index (χ1n) is 9.10. The summed E-state index contributed by atoms with van der Waals surface area (Å²) in [5.41, 5.74) is 11.9. The van der Waals surface area contributed by atoms with E-state index in [4.69, 9.17) is 0 Å². The van der Waals surface area contributed by atoms with E-state index in [1.807, 2.05) is 49.4 Å². The molecule has 3 N–H and O–H groups in total. The Morgan fingerprint density at radius 3 is 2.52 bits per heavy atom. The van der Waals surface area contributed by atoms with Crippen LogP contribution in [-0.4, -0.2) is 17.7 Å². The van der Waals surface area contributed by atoms with E-state index in [1.54, 1.807) is 0 Å². The number of hydrazone groups is 1. The molecule has 5 nitrogen and oxygen atoms in total. The molecule has 5 heteroatoms. The summed E-state index contributed by atoms with van der Waals surface area (Å²) in [6.45, 7) is 1.88. The highest BCUT2D eigenvalue weighted by molar-refractivity contribution is 5.99. The zero-order valence-corrected chi connectivity index (χ0v) is 15.1. The Balaban J connectivity index is 1.40. The molecule has 0 radical (unpaired) electrons. The molecule has 3 aromatic carbocycles. The maximum absolute atomic E-state index is 12.4. The SMILES string of the molecule is C/C(=N\NC(=O)C1CC(c2ccc3ccccc3c2)NN1)c1ccccc1. The molecule has 27 heavy (non-hydrogen) atoms. The Bertz CT molecular complexity index is 984. The number of fused-ring (bicyclic) bond motifs is 1. The molecule has 1 heterocycles. The average molecular weight is 358 g/mol. The minimum atomic E-state index is -0.325. The molecule has 0 aliphatic carbocycles. The zero-order chi connectivity index (χ0) is 18.6. The van der Waals surface area contributed by atoms with Crippen LogP contribution in [-0.2, 0) is 4.79 Å². The van der Waals surface area contributed by atoms with Crippen LogP contribution in [0.2, 0.25) is 0 Å². The average Bonchev–Trinajstić information content (AvgIpc) is 3.22. The Labute approximate surface area is 158 Å². The maximum atomic E-state index is 12.4. The van der Waals surface area contributed by atoms with E-state index in [2.05, 4.69) is 51.7 Å². The summed E-state index contributed by atoms with van der Waals surface area (Å²) in [6, 6.07) is 24.2. The van der Waals surface area contributed by atoms with Gasteiger partial charge in [0.05, 0.1) is 5.71 Å². The van der Waals surface area contributed by atoms with Crippen LogP contribution in [0.4, 0.5) is 0 Å². The minimum absolute atomic E-state index is 0.0876. The predicted octanol–water partition coefficient (Wildman–Crippen LogP) is 3.29. The Hall–Kier alpha value is -3.02. The third-order valence-electron chi connectivity index (χ3n) is 4.92. The monoisotopic (exact) mass is 358 g/mol. The lowest BCUT2D eigenvalue weighted by atomic mass is 9.99. The second-order valence-corrected chi connectivity index (χ2v) is 6.78. The highest BCUT2D eigenvalue weighted by atomic mass is 16.2. The fourth-order valence-electron chi connectivity index (χ4n) is 3.33. The number of rotatable bonds is 4. The molecular formula is C22H22N4O. The third kappa shape index (κ3) is 3.89. The van der Waals surface area contributed by atoms with E-state index >= 15 is 0 Å². The lowest BCUT2D eigenvalue weighted by Gasteiger charge is -2.11. The Kier molecular flexibility index (Phi) is 4.96. The second kappa shape index (κ2) is 7.70. The highest BCUT2D eigenvalue weighted by Gasteiger charge is 2.30. The van der Waals surface area contributed by atoms with Gasteiger partial charge in [0.1, 0.15) is 6.04 Å². The molecule has 4 rings (SSSR count). The third-order valence-corrected chi connectivity index (χ3v) is 4.92. The molecule has 1 fully saturated rings. The van der Waals surface area contributed by atoms with Crippen LogP contribution in [0.25, 0.3) is 10.8 Å². The molecule has 136 valence electrons. The molecule has 3 aromatic rings. The van der Waals surface area contributed by atoms with Crippen LogP contribution in [0.15, 0.2) is 77.9 Å². The Morgan fingerprint density at radius 1 is 0.963 bits per heavy atom. The summed E-state index contributed by atoms with van der Waals surface area (Å²) in [5.74, 6) is -0.138. The van der Waals surface area contributed by atoms with Gasteiger partial charge in [0.2, 0.25) is 0 Å². The number of hydrogen-bond donors (Lipinski definition) is 3. The number of nitrogens with one attached hydrogen (secondary N) is 3. The van der Waals surface area contributed by atoms with Crippen LogP contribution >= 0.6 is 0 Å². The van der Waals surface area contributed by atoms with E-state index in [0.29, 0.717) is 6.42 Å². The Morgan fingerprint density at radius 2 is 1.70 bits per heavy atom. The van der Waals surface area contributed by atoms with Gasteiger partial charge in [-0.05, 0) is 41.3 Å². The van der Waals surface area contributed by atoms with Gasteiger partial charge < -0.3 is 0 Å². The molecular weight excluding hydrogens is 336 g/mol. The van der Waals surface area contributed by atoms with Crippen LogP contribution < -0.4 is 16.3 Å². The number of benzene rings is 3. The van der Waals surface area contributed by atoms with Crippen molar-refractivity contribution in [1.29, 1.82) is 0 Å². The summed E-state index contributed by atoms with van der Waals surface area (Å²) in [4.78, 5) is 12.4. The van der Waals surface area contributed by atoms with Crippen LogP contribution in [0.3, 0.4) is 0 Å². The van der Waals surface area contributed by atoms with Crippen molar-refractivity contribution >= 4 is 22.4 Å². The number of nitrogens with zero attached hydrogens (tertiary/aromatic N) is 1. The molecule has 1 amide bonds. The quantitative estimate of drug-likeness (QED) is 0.495. The van der Waals surface area contributed by atoms with E-state index < -0.39 is 0 Å².